The van der Waals surface area contributed by atoms with Gasteiger partial charge in [-0.05, 0) is 33.0 Å². The van der Waals surface area contributed by atoms with E-state index in [1.807, 2.05) is 18.2 Å². The molecule has 0 spiro atoms. The van der Waals surface area contributed by atoms with Gasteiger partial charge in [-0.3, -0.25) is 0 Å². The quantitative estimate of drug-likeness (QED) is 0.871. The van der Waals surface area contributed by atoms with Crippen LogP contribution >= 0.6 is 0 Å². The standard InChI is InChI=1S/C17H29N3O/c1-4-11-21-17-8-6-5-7-15(17)16(18)12-14-13-19(2)9-10-20(14)3/h5-8,14,16H,4,9-13,18H2,1-3H3. The van der Waals surface area contributed by atoms with Gasteiger partial charge in [0.05, 0.1) is 6.61 Å². The average Bonchev–Trinajstić information content (AvgIpc) is 2.49. The minimum Gasteiger partial charge on any atom is -0.493 e. The Kier molecular flexibility index (Phi) is 6.03. The van der Waals surface area contributed by atoms with Crippen LogP contribution in [0.2, 0.25) is 0 Å². The number of nitrogens with two attached hydrogens (primary N) is 1. The fourth-order valence-electron chi connectivity index (χ4n) is 2.91. The second-order valence-corrected chi connectivity index (χ2v) is 6.13. The third kappa shape index (κ3) is 4.43. The normalized spacial score (nSPS) is 22.2. The Labute approximate surface area is 128 Å². The molecule has 0 aromatic heterocycles. The smallest absolute Gasteiger partial charge is 0.124 e. The van der Waals surface area contributed by atoms with Crippen LogP contribution in [0.3, 0.4) is 0 Å². The zero-order chi connectivity index (χ0) is 15.2. The minimum absolute atomic E-state index is 0.0250. The molecular weight excluding hydrogens is 262 g/mol. The summed E-state index contributed by atoms with van der Waals surface area (Å²) in [4.78, 5) is 4.81. The van der Waals surface area contributed by atoms with Gasteiger partial charge in [-0.15, -0.1) is 0 Å². The summed E-state index contributed by atoms with van der Waals surface area (Å²) in [5, 5.41) is 0. The van der Waals surface area contributed by atoms with E-state index in [1.165, 1.54) is 0 Å². The first kappa shape index (κ1) is 16.3. The van der Waals surface area contributed by atoms with E-state index in [4.69, 9.17) is 10.5 Å². The molecule has 0 bridgehead atoms. The molecule has 2 unspecified atom stereocenters. The Bertz CT molecular complexity index is 438. The van der Waals surface area contributed by atoms with Crippen molar-refractivity contribution in [1.29, 1.82) is 0 Å². The number of hydrogen-bond acceptors (Lipinski definition) is 4. The Morgan fingerprint density at radius 1 is 1.29 bits per heavy atom. The number of likely N-dealkylation sites (N-methyl/N-ethyl adjacent to an activating group) is 2. The Morgan fingerprint density at radius 2 is 2.05 bits per heavy atom. The third-order valence-electron chi connectivity index (χ3n) is 4.29. The highest BCUT2D eigenvalue weighted by atomic mass is 16.5. The molecule has 1 heterocycles. The van der Waals surface area contributed by atoms with Gasteiger partial charge in [-0.1, -0.05) is 25.1 Å². The Hall–Kier alpha value is -1.10. The maximum absolute atomic E-state index is 6.48. The van der Waals surface area contributed by atoms with Crippen LogP contribution in [0, 0.1) is 0 Å². The molecule has 4 nitrogen and oxygen atoms in total. The van der Waals surface area contributed by atoms with Crippen LogP contribution in [0.15, 0.2) is 24.3 Å². The number of hydrogen-bond donors (Lipinski definition) is 1. The van der Waals surface area contributed by atoms with E-state index in [2.05, 4.69) is 36.9 Å². The molecule has 4 heteroatoms. The highest BCUT2D eigenvalue weighted by Gasteiger charge is 2.25. The van der Waals surface area contributed by atoms with Gasteiger partial charge in [0.15, 0.2) is 0 Å². The van der Waals surface area contributed by atoms with Gasteiger partial charge in [0.25, 0.3) is 0 Å². The molecule has 1 saturated heterocycles. The van der Waals surface area contributed by atoms with Gasteiger partial charge in [-0.2, -0.15) is 0 Å². The summed E-state index contributed by atoms with van der Waals surface area (Å²) >= 11 is 0. The van der Waals surface area contributed by atoms with Crippen molar-refractivity contribution in [2.24, 2.45) is 5.73 Å². The molecule has 1 fully saturated rings. The lowest BCUT2D eigenvalue weighted by molar-refractivity contribution is 0.104. The topological polar surface area (TPSA) is 41.7 Å². The van der Waals surface area contributed by atoms with E-state index >= 15 is 0 Å². The molecule has 2 atom stereocenters. The number of benzene rings is 1. The zero-order valence-corrected chi connectivity index (χ0v) is 13.6. The molecule has 1 aromatic rings. The Balaban J connectivity index is 2.03. The molecule has 1 aliphatic rings. The predicted molar refractivity (Wildman–Crippen MR) is 87.7 cm³/mol. The molecule has 118 valence electrons. The van der Waals surface area contributed by atoms with Gasteiger partial charge in [0.1, 0.15) is 5.75 Å². The largest absolute Gasteiger partial charge is 0.493 e. The molecular formula is C17H29N3O. The number of ether oxygens (including phenoxy) is 1. The second-order valence-electron chi connectivity index (χ2n) is 6.13. The van der Waals surface area contributed by atoms with Crippen molar-refractivity contribution in [3.8, 4) is 5.75 Å². The Morgan fingerprint density at radius 3 is 2.81 bits per heavy atom. The maximum atomic E-state index is 6.48. The van der Waals surface area contributed by atoms with Crippen LogP contribution in [-0.4, -0.2) is 56.2 Å². The lowest BCUT2D eigenvalue weighted by Gasteiger charge is -2.39. The third-order valence-corrected chi connectivity index (χ3v) is 4.29. The molecule has 21 heavy (non-hydrogen) atoms. The monoisotopic (exact) mass is 291 g/mol. The molecule has 2 rings (SSSR count). The van der Waals surface area contributed by atoms with E-state index in [1.54, 1.807) is 0 Å². The van der Waals surface area contributed by atoms with Crippen LogP contribution in [0.25, 0.3) is 0 Å². The number of para-hydroxylation sites is 1. The van der Waals surface area contributed by atoms with E-state index < -0.39 is 0 Å². The average molecular weight is 291 g/mol. The van der Waals surface area contributed by atoms with E-state index in [9.17, 15) is 0 Å². The maximum Gasteiger partial charge on any atom is 0.124 e. The number of nitrogens with zero attached hydrogens (tertiary/aromatic N) is 2. The van der Waals surface area contributed by atoms with Gasteiger partial charge in [0.2, 0.25) is 0 Å². The lowest BCUT2D eigenvalue weighted by Crippen LogP contribution is -2.50. The second kappa shape index (κ2) is 7.78. The van der Waals surface area contributed by atoms with Crippen molar-refractivity contribution in [2.75, 3.05) is 40.3 Å². The first-order valence-electron chi connectivity index (χ1n) is 7.98. The van der Waals surface area contributed by atoms with Crippen molar-refractivity contribution >= 4 is 0 Å². The van der Waals surface area contributed by atoms with Crippen LogP contribution in [0.1, 0.15) is 31.4 Å². The van der Waals surface area contributed by atoms with Crippen molar-refractivity contribution in [2.45, 2.75) is 31.8 Å². The molecule has 1 aromatic carbocycles. The highest BCUT2D eigenvalue weighted by molar-refractivity contribution is 5.35. The molecule has 0 aliphatic carbocycles. The summed E-state index contributed by atoms with van der Waals surface area (Å²) in [5.74, 6) is 0.943. The summed E-state index contributed by atoms with van der Waals surface area (Å²) in [6.45, 7) is 6.20. The summed E-state index contributed by atoms with van der Waals surface area (Å²) in [5.41, 5.74) is 7.61. The fraction of sp³-hybridized carbons (Fsp3) is 0.647. The van der Waals surface area contributed by atoms with E-state index in [0.717, 1.165) is 50.4 Å². The lowest BCUT2D eigenvalue weighted by atomic mass is 9.97. The first-order chi connectivity index (χ1) is 10.1. The van der Waals surface area contributed by atoms with Crippen molar-refractivity contribution in [3.05, 3.63) is 29.8 Å². The van der Waals surface area contributed by atoms with Gasteiger partial charge >= 0.3 is 0 Å². The van der Waals surface area contributed by atoms with Crippen LogP contribution in [0.4, 0.5) is 0 Å². The van der Waals surface area contributed by atoms with Gasteiger partial charge < -0.3 is 20.3 Å². The van der Waals surface area contributed by atoms with Crippen molar-refractivity contribution in [3.63, 3.8) is 0 Å². The van der Waals surface area contributed by atoms with Crippen LogP contribution in [-0.2, 0) is 0 Å². The zero-order valence-electron chi connectivity index (χ0n) is 13.6. The van der Waals surface area contributed by atoms with Crippen molar-refractivity contribution < 1.29 is 4.74 Å². The summed E-state index contributed by atoms with van der Waals surface area (Å²) in [6, 6.07) is 8.73. The van der Waals surface area contributed by atoms with Crippen molar-refractivity contribution in [1.82, 2.24) is 9.80 Å². The fourth-order valence-corrected chi connectivity index (χ4v) is 2.91. The van der Waals surface area contributed by atoms with Gasteiger partial charge in [-0.25, -0.2) is 0 Å². The molecule has 1 aliphatic heterocycles. The number of rotatable bonds is 6. The first-order valence-corrected chi connectivity index (χ1v) is 7.98. The molecule has 0 saturated carbocycles. The minimum atomic E-state index is 0.0250. The summed E-state index contributed by atoms with van der Waals surface area (Å²) in [7, 11) is 4.38. The van der Waals surface area contributed by atoms with Gasteiger partial charge in [0, 0.05) is 37.3 Å². The molecule has 0 radical (unpaired) electrons. The van der Waals surface area contributed by atoms with E-state index in [0.29, 0.717) is 6.04 Å². The number of piperazine rings is 1. The van der Waals surface area contributed by atoms with Crippen LogP contribution < -0.4 is 10.5 Å². The predicted octanol–water partition coefficient (Wildman–Crippen LogP) is 2.11. The SMILES string of the molecule is CCCOc1ccccc1C(N)CC1CN(C)CCN1C. The molecule has 0 amide bonds. The summed E-state index contributed by atoms with van der Waals surface area (Å²) in [6.07, 6.45) is 1.98. The van der Waals surface area contributed by atoms with E-state index in [-0.39, 0.29) is 6.04 Å². The van der Waals surface area contributed by atoms with Crippen LogP contribution in [0.5, 0.6) is 5.75 Å². The molecule has 2 N–H and O–H groups in total. The summed E-state index contributed by atoms with van der Waals surface area (Å²) < 4.78 is 5.84. The highest BCUT2D eigenvalue weighted by Crippen LogP contribution is 2.28.